The van der Waals surface area contributed by atoms with Gasteiger partial charge in [0, 0.05) is 24.6 Å². The van der Waals surface area contributed by atoms with Gasteiger partial charge in [0.1, 0.15) is 0 Å². The molecule has 0 saturated carbocycles. The zero-order valence-electron chi connectivity index (χ0n) is 12.4. The van der Waals surface area contributed by atoms with Gasteiger partial charge in [-0.2, -0.15) is 0 Å². The molecule has 19 heavy (non-hydrogen) atoms. The molecule has 0 aromatic heterocycles. The predicted molar refractivity (Wildman–Crippen MR) is 81.1 cm³/mol. The predicted octanol–water partition coefficient (Wildman–Crippen LogP) is 2.29. The fourth-order valence-electron chi connectivity index (χ4n) is 2.02. The largest absolute Gasteiger partial charge is 0.380 e. The highest BCUT2D eigenvalue weighted by atomic mass is 16.5. The van der Waals surface area contributed by atoms with Crippen molar-refractivity contribution in [2.75, 3.05) is 19.8 Å². The van der Waals surface area contributed by atoms with Crippen molar-refractivity contribution in [3.05, 3.63) is 35.9 Å². The Balaban J connectivity index is 2.58. The molecule has 0 heterocycles. The number of rotatable bonds is 8. The second-order valence-electron chi connectivity index (χ2n) is 5.85. The van der Waals surface area contributed by atoms with Crippen LogP contribution in [0.4, 0.5) is 0 Å². The standard InChI is InChI=1S/C16H28N2O/c1-13(2)9-10-19-11-15(18)16(3,12-17)14-7-5-4-6-8-14/h4-8,13,15H,9-12,17-18H2,1-3H3. The molecule has 1 aromatic carbocycles. The molecule has 2 atom stereocenters. The Hall–Kier alpha value is -0.900. The first kappa shape index (κ1) is 16.2. The average Bonchev–Trinajstić information content (AvgIpc) is 2.43. The lowest BCUT2D eigenvalue weighted by Gasteiger charge is -2.34. The Morgan fingerprint density at radius 2 is 1.84 bits per heavy atom. The van der Waals surface area contributed by atoms with Gasteiger partial charge in [-0.15, -0.1) is 0 Å². The summed E-state index contributed by atoms with van der Waals surface area (Å²) in [5.74, 6) is 0.659. The number of nitrogens with two attached hydrogens (primary N) is 2. The molecule has 3 nitrogen and oxygen atoms in total. The molecule has 1 aromatic rings. The van der Waals surface area contributed by atoms with Crippen LogP contribution < -0.4 is 11.5 Å². The molecule has 0 aliphatic carbocycles. The third kappa shape index (κ3) is 4.60. The molecule has 0 amide bonds. The van der Waals surface area contributed by atoms with Crippen LogP contribution in [0.15, 0.2) is 30.3 Å². The summed E-state index contributed by atoms with van der Waals surface area (Å²) in [4.78, 5) is 0. The van der Waals surface area contributed by atoms with E-state index in [1.165, 1.54) is 5.56 Å². The minimum absolute atomic E-state index is 0.0907. The summed E-state index contributed by atoms with van der Waals surface area (Å²) in [6.45, 7) is 8.33. The maximum absolute atomic E-state index is 6.31. The van der Waals surface area contributed by atoms with Gasteiger partial charge in [-0.25, -0.2) is 0 Å². The highest BCUT2D eigenvalue weighted by Gasteiger charge is 2.32. The molecule has 0 aliphatic rings. The minimum atomic E-state index is -0.237. The SMILES string of the molecule is CC(C)CCOCC(N)C(C)(CN)c1ccccc1. The average molecular weight is 264 g/mol. The monoisotopic (exact) mass is 264 g/mol. The second kappa shape index (κ2) is 7.63. The number of ether oxygens (including phenoxy) is 1. The van der Waals surface area contributed by atoms with Crippen LogP contribution in [0.2, 0.25) is 0 Å². The summed E-state index contributed by atoms with van der Waals surface area (Å²) < 4.78 is 5.70. The summed E-state index contributed by atoms with van der Waals surface area (Å²) in [5, 5.41) is 0. The van der Waals surface area contributed by atoms with Gasteiger partial charge in [0.15, 0.2) is 0 Å². The van der Waals surface area contributed by atoms with Gasteiger partial charge < -0.3 is 16.2 Å². The Bertz CT molecular complexity index is 353. The van der Waals surface area contributed by atoms with Crippen molar-refractivity contribution in [3.63, 3.8) is 0 Å². The van der Waals surface area contributed by atoms with E-state index in [2.05, 4.69) is 32.9 Å². The normalized spacial score (nSPS) is 16.3. The maximum Gasteiger partial charge on any atom is 0.0626 e. The number of hydrogen-bond donors (Lipinski definition) is 2. The molecule has 0 spiro atoms. The molecular weight excluding hydrogens is 236 g/mol. The Labute approximate surface area is 117 Å². The molecule has 0 aliphatic heterocycles. The first-order chi connectivity index (χ1) is 9.00. The van der Waals surface area contributed by atoms with Crippen molar-refractivity contribution >= 4 is 0 Å². The van der Waals surface area contributed by atoms with E-state index in [1.807, 2.05) is 18.2 Å². The molecule has 2 unspecified atom stereocenters. The lowest BCUT2D eigenvalue weighted by atomic mass is 9.76. The molecule has 0 saturated heterocycles. The summed E-state index contributed by atoms with van der Waals surface area (Å²) in [6, 6.07) is 10.1. The van der Waals surface area contributed by atoms with Crippen molar-refractivity contribution in [3.8, 4) is 0 Å². The van der Waals surface area contributed by atoms with Gasteiger partial charge in [-0.3, -0.25) is 0 Å². The van der Waals surface area contributed by atoms with E-state index in [9.17, 15) is 0 Å². The van der Waals surface area contributed by atoms with E-state index in [4.69, 9.17) is 16.2 Å². The van der Waals surface area contributed by atoms with Crippen LogP contribution in [0.3, 0.4) is 0 Å². The second-order valence-corrected chi connectivity index (χ2v) is 5.85. The van der Waals surface area contributed by atoms with E-state index in [1.54, 1.807) is 0 Å². The zero-order chi connectivity index (χ0) is 14.3. The van der Waals surface area contributed by atoms with Crippen LogP contribution in [-0.4, -0.2) is 25.8 Å². The lowest BCUT2D eigenvalue weighted by Crippen LogP contribution is -2.51. The summed E-state index contributed by atoms with van der Waals surface area (Å²) in [5.41, 5.74) is 13.2. The number of hydrogen-bond acceptors (Lipinski definition) is 3. The smallest absolute Gasteiger partial charge is 0.0626 e. The van der Waals surface area contributed by atoms with E-state index < -0.39 is 0 Å². The summed E-state index contributed by atoms with van der Waals surface area (Å²) >= 11 is 0. The lowest BCUT2D eigenvalue weighted by molar-refractivity contribution is 0.0929. The molecule has 0 fully saturated rings. The Morgan fingerprint density at radius 1 is 1.21 bits per heavy atom. The fourth-order valence-corrected chi connectivity index (χ4v) is 2.02. The third-order valence-corrected chi connectivity index (χ3v) is 3.81. The van der Waals surface area contributed by atoms with Crippen LogP contribution >= 0.6 is 0 Å². The quantitative estimate of drug-likeness (QED) is 0.708. The highest BCUT2D eigenvalue weighted by molar-refractivity contribution is 5.27. The van der Waals surface area contributed by atoms with E-state index >= 15 is 0 Å². The van der Waals surface area contributed by atoms with Crippen LogP contribution in [0.1, 0.15) is 32.8 Å². The molecule has 0 bridgehead atoms. The van der Waals surface area contributed by atoms with Gasteiger partial charge in [0.2, 0.25) is 0 Å². The third-order valence-electron chi connectivity index (χ3n) is 3.81. The molecular formula is C16H28N2O. The van der Waals surface area contributed by atoms with Gasteiger partial charge in [0.25, 0.3) is 0 Å². The van der Waals surface area contributed by atoms with E-state index in [0.29, 0.717) is 19.1 Å². The first-order valence-electron chi connectivity index (χ1n) is 7.09. The van der Waals surface area contributed by atoms with Crippen molar-refractivity contribution in [2.45, 2.75) is 38.6 Å². The van der Waals surface area contributed by atoms with Crippen molar-refractivity contribution < 1.29 is 4.74 Å². The Kier molecular flexibility index (Phi) is 6.49. The summed E-state index contributed by atoms with van der Waals surface area (Å²) in [6.07, 6.45) is 1.07. The number of benzene rings is 1. The maximum atomic E-state index is 6.31. The van der Waals surface area contributed by atoms with Crippen molar-refractivity contribution in [2.24, 2.45) is 17.4 Å². The highest BCUT2D eigenvalue weighted by Crippen LogP contribution is 2.25. The molecule has 3 heteroatoms. The zero-order valence-corrected chi connectivity index (χ0v) is 12.4. The van der Waals surface area contributed by atoms with Crippen LogP contribution in [0.5, 0.6) is 0 Å². The topological polar surface area (TPSA) is 61.3 Å². The van der Waals surface area contributed by atoms with Gasteiger partial charge >= 0.3 is 0 Å². The van der Waals surface area contributed by atoms with Crippen LogP contribution in [0.25, 0.3) is 0 Å². The van der Waals surface area contributed by atoms with Crippen LogP contribution in [-0.2, 0) is 10.2 Å². The minimum Gasteiger partial charge on any atom is -0.380 e. The van der Waals surface area contributed by atoms with E-state index in [0.717, 1.165) is 13.0 Å². The molecule has 108 valence electrons. The van der Waals surface area contributed by atoms with E-state index in [-0.39, 0.29) is 11.5 Å². The molecule has 0 radical (unpaired) electrons. The summed E-state index contributed by atoms with van der Waals surface area (Å²) in [7, 11) is 0. The fraction of sp³-hybridized carbons (Fsp3) is 0.625. The molecule has 4 N–H and O–H groups in total. The van der Waals surface area contributed by atoms with Crippen molar-refractivity contribution in [1.29, 1.82) is 0 Å². The van der Waals surface area contributed by atoms with Gasteiger partial charge in [-0.1, -0.05) is 51.1 Å². The van der Waals surface area contributed by atoms with Crippen LogP contribution in [0, 0.1) is 5.92 Å². The van der Waals surface area contributed by atoms with Crippen molar-refractivity contribution in [1.82, 2.24) is 0 Å². The Morgan fingerprint density at radius 3 is 2.37 bits per heavy atom. The van der Waals surface area contributed by atoms with Gasteiger partial charge in [-0.05, 0) is 17.9 Å². The first-order valence-corrected chi connectivity index (χ1v) is 7.09. The molecule has 1 rings (SSSR count). The van der Waals surface area contributed by atoms with Gasteiger partial charge in [0.05, 0.1) is 6.61 Å².